The van der Waals surface area contributed by atoms with Crippen LogP contribution in [-0.4, -0.2) is 39.4 Å². The average molecular weight is 465 g/mol. The highest BCUT2D eigenvalue weighted by Gasteiger charge is 2.48. The summed E-state index contributed by atoms with van der Waals surface area (Å²) in [6.07, 6.45) is 14.6. The van der Waals surface area contributed by atoms with Gasteiger partial charge in [0.15, 0.2) is 5.58 Å². The van der Waals surface area contributed by atoms with Crippen LogP contribution in [0.1, 0.15) is 68.1 Å². The van der Waals surface area contributed by atoms with E-state index in [1.807, 2.05) is 30.6 Å². The van der Waals surface area contributed by atoms with Crippen molar-refractivity contribution in [3.8, 4) is 0 Å². The largest absolute Gasteiger partial charge is 0.460 e. The third-order valence-corrected chi connectivity index (χ3v) is 7.17. The van der Waals surface area contributed by atoms with Gasteiger partial charge in [0, 0.05) is 24.7 Å². The smallest absolute Gasteiger partial charge is 0.271 e. The van der Waals surface area contributed by atoms with Crippen LogP contribution in [0, 0.1) is 6.92 Å². The molecule has 7 heteroatoms. The molecule has 182 valence electrons. The van der Waals surface area contributed by atoms with E-state index < -0.39 is 5.54 Å². The van der Waals surface area contributed by atoms with Crippen LogP contribution in [0.2, 0.25) is 0 Å². The van der Waals surface area contributed by atoms with Crippen molar-refractivity contribution in [2.75, 3.05) is 6.54 Å². The van der Waals surface area contributed by atoms with E-state index in [0.717, 1.165) is 42.5 Å². The molecule has 0 saturated heterocycles. The Morgan fingerprint density at radius 2 is 1.97 bits per heavy atom. The number of fused-ring (bicyclic) bond motifs is 3. The molecule has 1 aliphatic carbocycles. The number of aryl methyl sites for hydroxylation is 1. The lowest BCUT2D eigenvalue weighted by Gasteiger charge is -2.44. The summed E-state index contributed by atoms with van der Waals surface area (Å²) in [4.78, 5) is 29.3. The second-order valence-corrected chi connectivity index (χ2v) is 9.74. The minimum atomic E-state index is -1.08. The molecule has 2 aliphatic rings. The van der Waals surface area contributed by atoms with Crippen LogP contribution in [-0.2, 0) is 11.3 Å². The van der Waals surface area contributed by atoms with Gasteiger partial charge >= 0.3 is 0 Å². The molecule has 2 amide bonds. The van der Waals surface area contributed by atoms with Gasteiger partial charge in [0.2, 0.25) is 5.91 Å². The van der Waals surface area contributed by atoms with Gasteiger partial charge < -0.3 is 24.9 Å². The number of aromatic nitrogens is 1. The van der Waals surface area contributed by atoms with E-state index in [-0.39, 0.29) is 24.4 Å². The van der Waals surface area contributed by atoms with Crippen LogP contribution >= 0.6 is 0 Å². The number of carbonyl (C=O) groups excluding carboxylic acids is 2. The van der Waals surface area contributed by atoms with Crippen molar-refractivity contribution in [2.45, 2.75) is 76.9 Å². The molecule has 0 bridgehead atoms. The lowest BCUT2D eigenvalue weighted by atomic mass is 9.91. The molecule has 4 rings (SSSR count). The summed E-state index contributed by atoms with van der Waals surface area (Å²) in [5.41, 5.74) is 7.54. The second kappa shape index (κ2) is 9.95. The van der Waals surface area contributed by atoms with E-state index in [2.05, 4.69) is 11.9 Å². The fourth-order valence-corrected chi connectivity index (χ4v) is 5.19. The Kier molecular flexibility index (Phi) is 7.00. The SMILES string of the molecule is C=C/C=C\C(=C/N)CN1C(=O)c2cc3oc(C)cc3n2CC1(C)C(=O)NC1CCCCCCC1. The third kappa shape index (κ3) is 4.56. The number of allylic oxidation sites excluding steroid dienone is 2. The van der Waals surface area contributed by atoms with E-state index >= 15 is 0 Å². The minimum Gasteiger partial charge on any atom is -0.460 e. The molecule has 1 aliphatic heterocycles. The summed E-state index contributed by atoms with van der Waals surface area (Å²) < 4.78 is 7.71. The number of amides is 2. The van der Waals surface area contributed by atoms with E-state index in [9.17, 15) is 9.59 Å². The number of nitrogens with two attached hydrogens (primary N) is 1. The molecule has 1 unspecified atom stereocenters. The Bertz CT molecular complexity index is 1130. The van der Waals surface area contributed by atoms with Gasteiger partial charge in [-0.1, -0.05) is 56.9 Å². The number of nitrogens with zero attached hydrogens (tertiary/aromatic N) is 2. The highest BCUT2D eigenvalue weighted by atomic mass is 16.3. The van der Waals surface area contributed by atoms with E-state index in [4.69, 9.17) is 10.2 Å². The molecule has 1 atom stereocenters. The van der Waals surface area contributed by atoms with Gasteiger partial charge in [-0.15, -0.1) is 0 Å². The molecule has 0 aromatic carbocycles. The molecule has 0 spiro atoms. The molecular weight excluding hydrogens is 428 g/mol. The first-order valence-corrected chi connectivity index (χ1v) is 12.3. The first-order valence-electron chi connectivity index (χ1n) is 12.3. The predicted molar refractivity (Wildman–Crippen MR) is 134 cm³/mol. The number of hydrogen-bond acceptors (Lipinski definition) is 4. The summed E-state index contributed by atoms with van der Waals surface area (Å²) in [5.74, 6) is 0.443. The molecule has 2 aromatic heterocycles. The molecule has 3 heterocycles. The average Bonchev–Trinajstić information content (AvgIpc) is 3.31. The summed E-state index contributed by atoms with van der Waals surface area (Å²) in [6, 6.07) is 3.83. The highest BCUT2D eigenvalue weighted by molar-refractivity contribution is 6.03. The van der Waals surface area contributed by atoms with Gasteiger partial charge in [-0.2, -0.15) is 0 Å². The van der Waals surface area contributed by atoms with Gasteiger partial charge in [-0.05, 0) is 38.5 Å². The zero-order chi connectivity index (χ0) is 24.3. The Morgan fingerprint density at radius 1 is 1.26 bits per heavy atom. The molecule has 34 heavy (non-hydrogen) atoms. The van der Waals surface area contributed by atoms with Gasteiger partial charge in [-0.3, -0.25) is 9.59 Å². The van der Waals surface area contributed by atoms with Gasteiger partial charge in [0.1, 0.15) is 17.0 Å². The zero-order valence-electron chi connectivity index (χ0n) is 20.3. The van der Waals surface area contributed by atoms with Crippen LogP contribution < -0.4 is 11.1 Å². The number of carbonyl (C=O) groups is 2. The summed E-state index contributed by atoms with van der Waals surface area (Å²) in [7, 11) is 0. The van der Waals surface area contributed by atoms with Crippen molar-refractivity contribution in [1.82, 2.24) is 14.8 Å². The quantitative estimate of drug-likeness (QED) is 0.613. The van der Waals surface area contributed by atoms with Crippen molar-refractivity contribution >= 4 is 22.9 Å². The van der Waals surface area contributed by atoms with E-state index in [1.54, 1.807) is 23.1 Å². The lowest BCUT2D eigenvalue weighted by molar-refractivity contribution is -0.133. The Labute approximate surface area is 201 Å². The van der Waals surface area contributed by atoms with Crippen LogP contribution in [0.4, 0.5) is 0 Å². The molecule has 2 aromatic rings. The summed E-state index contributed by atoms with van der Waals surface area (Å²) in [5, 5.41) is 3.30. The number of hydrogen-bond donors (Lipinski definition) is 2. The maximum absolute atomic E-state index is 13.9. The van der Waals surface area contributed by atoms with Crippen molar-refractivity contribution in [3.63, 3.8) is 0 Å². The van der Waals surface area contributed by atoms with Crippen molar-refractivity contribution < 1.29 is 14.0 Å². The number of furan rings is 1. The monoisotopic (exact) mass is 464 g/mol. The highest BCUT2D eigenvalue weighted by Crippen LogP contribution is 2.34. The minimum absolute atomic E-state index is 0.122. The number of nitrogens with one attached hydrogen (secondary N) is 1. The van der Waals surface area contributed by atoms with Gasteiger partial charge in [0.05, 0.1) is 12.1 Å². The van der Waals surface area contributed by atoms with E-state index in [0.29, 0.717) is 17.8 Å². The lowest BCUT2D eigenvalue weighted by Crippen LogP contribution is -2.65. The third-order valence-electron chi connectivity index (χ3n) is 7.17. The fourth-order valence-electron chi connectivity index (χ4n) is 5.19. The van der Waals surface area contributed by atoms with E-state index in [1.165, 1.54) is 25.5 Å². The molecule has 1 saturated carbocycles. The Balaban J connectivity index is 1.70. The maximum Gasteiger partial charge on any atom is 0.271 e. The second-order valence-electron chi connectivity index (χ2n) is 9.74. The molecule has 3 N–H and O–H groups in total. The topological polar surface area (TPSA) is 93.5 Å². The molecule has 7 nitrogen and oxygen atoms in total. The standard InChI is InChI=1S/C27H36N4O3/c1-4-5-11-20(16-28)17-31-25(32)23-15-24-22(14-19(2)34-24)30(23)18-27(31,3)26(33)29-21-12-9-7-6-8-10-13-21/h4-5,11,14-16,21H,1,6-10,12-13,17-18,28H2,2-3H3,(H,29,33)/b11-5-,20-16+. The van der Waals surface area contributed by atoms with Gasteiger partial charge in [-0.25, -0.2) is 0 Å². The van der Waals surface area contributed by atoms with Crippen LogP contribution in [0.25, 0.3) is 11.1 Å². The fraction of sp³-hybridized carbons (Fsp3) is 0.481. The van der Waals surface area contributed by atoms with Gasteiger partial charge in [0.25, 0.3) is 5.91 Å². The van der Waals surface area contributed by atoms with Crippen LogP contribution in [0.5, 0.6) is 0 Å². The van der Waals surface area contributed by atoms with Crippen molar-refractivity contribution in [1.29, 1.82) is 0 Å². The Hall–Kier alpha value is -3.22. The van der Waals surface area contributed by atoms with Crippen LogP contribution in [0.15, 0.2) is 53.1 Å². The normalized spacial score (nSPS) is 22.6. The predicted octanol–water partition coefficient (Wildman–Crippen LogP) is 4.57. The number of rotatable bonds is 6. The maximum atomic E-state index is 13.9. The molecular formula is C27H36N4O3. The first-order chi connectivity index (χ1) is 16.4. The van der Waals surface area contributed by atoms with Crippen molar-refractivity contribution in [2.24, 2.45) is 5.73 Å². The molecule has 1 fully saturated rings. The molecule has 0 radical (unpaired) electrons. The zero-order valence-corrected chi connectivity index (χ0v) is 20.3. The first kappa shape index (κ1) is 23.9. The van der Waals surface area contributed by atoms with Crippen molar-refractivity contribution in [3.05, 3.63) is 60.2 Å². The summed E-state index contributed by atoms with van der Waals surface area (Å²) >= 11 is 0. The Morgan fingerprint density at radius 3 is 2.65 bits per heavy atom. The summed E-state index contributed by atoms with van der Waals surface area (Å²) in [6.45, 7) is 8.02. The van der Waals surface area contributed by atoms with Crippen LogP contribution in [0.3, 0.4) is 0 Å².